The van der Waals surface area contributed by atoms with Crippen LogP contribution < -0.4 is 5.56 Å². The predicted octanol–water partition coefficient (Wildman–Crippen LogP) is 4.47. The Morgan fingerprint density at radius 1 is 0.879 bits per heavy atom. The average Bonchev–Trinajstić information content (AvgIpc) is 3.11. The van der Waals surface area contributed by atoms with Gasteiger partial charge in [0.2, 0.25) is 5.91 Å². The van der Waals surface area contributed by atoms with E-state index in [2.05, 4.69) is 12.1 Å². The summed E-state index contributed by atoms with van der Waals surface area (Å²) in [6.07, 6.45) is 0.836. The summed E-state index contributed by atoms with van der Waals surface area (Å²) < 4.78 is 3.78. The molecule has 0 N–H and O–H groups in total. The van der Waals surface area contributed by atoms with E-state index in [-0.39, 0.29) is 17.9 Å². The second-order valence-electron chi connectivity index (χ2n) is 8.29. The van der Waals surface area contributed by atoms with Gasteiger partial charge in [0.05, 0.1) is 30.9 Å². The summed E-state index contributed by atoms with van der Waals surface area (Å²) in [7, 11) is 0. The molecular formula is C27H24ClN3O2. The molecule has 0 bridgehead atoms. The number of halogens is 1. The molecule has 1 aromatic heterocycles. The van der Waals surface area contributed by atoms with Crippen LogP contribution in [0, 0.1) is 0 Å². The van der Waals surface area contributed by atoms with Gasteiger partial charge in [0, 0.05) is 17.1 Å². The third kappa shape index (κ3) is 4.37. The van der Waals surface area contributed by atoms with Crippen molar-refractivity contribution in [1.29, 1.82) is 0 Å². The van der Waals surface area contributed by atoms with Gasteiger partial charge in [-0.1, -0.05) is 72.3 Å². The molecule has 5 rings (SSSR count). The first kappa shape index (κ1) is 21.3. The second-order valence-corrected chi connectivity index (χ2v) is 8.73. The van der Waals surface area contributed by atoms with Crippen LogP contribution in [0.25, 0.3) is 5.69 Å². The number of amides is 1. The summed E-state index contributed by atoms with van der Waals surface area (Å²) in [4.78, 5) is 28.4. The zero-order valence-corrected chi connectivity index (χ0v) is 18.9. The fourth-order valence-electron chi connectivity index (χ4n) is 4.47. The molecule has 166 valence electrons. The van der Waals surface area contributed by atoms with E-state index >= 15 is 0 Å². The summed E-state index contributed by atoms with van der Waals surface area (Å²) >= 11 is 6.09. The normalized spacial score (nSPS) is 13.1. The SMILES string of the molecule is O=C(Cc1cccc(Cl)c1)N1CCc2c(n(Cc3ccccc3)n(-c3ccccc3)c2=O)C1. The molecule has 1 aliphatic rings. The van der Waals surface area contributed by atoms with Crippen LogP contribution in [0.2, 0.25) is 5.02 Å². The van der Waals surface area contributed by atoms with Crippen molar-refractivity contribution in [2.24, 2.45) is 0 Å². The van der Waals surface area contributed by atoms with Crippen molar-refractivity contribution in [3.8, 4) is 5.69 Å². The highest BCUT2D eigenvalue weighted by Gasteiger charge is 2.29. The molecule has 1 amide bonds. The Bertz CT molecular complexity index is 1340. The Hall–Kier alpha value is -3.57. The van der Waals surface area contributed by atoms with E-state index in [4.69, 9.17) is 11.6 Å². The lowest BCUT2D eigenvalue weighted by Crippen LogP contribution is -2.38. The van der Waals surface area contributed by atoms with Crippen molar-refractivity contribution in [3.05, 3.63) is 123 Å². The van der Waals surface area contributed by atoms with Gasteiger partial charge in [-0.05, 0) is 41.8 Å². The summed E-state index contributed by atoms with van der Waals surface area (Å²) in [5.74, 6) is 0.0362. The third-order valence-electron chi connectivity index (χ3n) is 6.10. The van der Waals surface area contributed by atoms with E-state index in [0.717, 1.165) is 28.1 Å². The van der Waals surface area contributed by atoms with E-state index in [0.29, 0.717) is 31.1 Å². The minimum Gasteiger partial charge on any atom is -0.336 e. The van der Waals surface area contributed by atoms with Crippen molar-refractivity contribution in [3.63, 3.8) is 0 Å². The second kappa shape index (κ2) is 9.12. The van der Waals surface area contributed by atoms with Gasteiger partial charge < -0.3 is 4.90 Å². The first-order valence-corrected chi connectivity index (χ1v) is 11.4. The molecule has 0 saturated heterocycles. The van der Waals surface area contributed by atoms with Crippen molar-refractivity contribution in [2.45, 2.75) is 25.9 Å². The third-order valence-corrected chi connectivity index (χ3v) is 6.33. The highest BCUT2D eigenvalue weighted by Crippen LogP contribution is 2.22. The Balaban J connectivity index is 1.51. The maximum atomic E-state index is 13.5. The molecule has 33 heavy (non-hydrogen) atoms. The summed E-state index contributed by atoms with van der Waals surface area (Å²) in [6.45, 7) is 1.50. The van der Waals surface area contributed by atoms with Gasteiger partial charge in [0.1, 0.15) is 0 Å². The molecule has 0 spiro atoms. The number of carbonyl (C=O) groups is 1. The van der Waals surface area contributed by atoms with Crippen LogP contribution in [0.5, 0.6) is 0 Å². The number of carbonyl (C=O) groups excluding carboxylic acids is 1. The van der Waals surface area contributed by atoms with Gasteiger partial charge in [0.15, 0.2) is 0 Å². The molecule has 0 fully saturated rings. The van der Waals surface area contributed by atoms with Crippen molar-refractivity contribution in [2.75, 3.05) is 6.54 Å². The fraction of sp³-hybridized carbons (Fsp3) is 0.185. The van der Waals surface area contributed by atoms with Crippen LogP contribution in [-0.2, 0) is 30.7 Å². The van der Waals surface area contributed by atoms with Crippen LogP contribution in [0.3, 0.4) is 0 Å². The number of hydrogen-bond donors (Lipinski definition) is 0. The molecule has 0 aliphatic carbocycles. The lowest BCUT2D eigenvalue weighted by molar-refractivity contribution is -0.131. The molecule has 2 heterocycles. The van der Waals surface area contributed by atoms with Crippen molar-refractivity contribution >= 4 is 17.5 Å². The highest BCUT2D eigenvalue weighted by molar-refractivity contribution is 6.30. The van der Waals surface area contributed by atoms with E-state index in [1.807, 2.05) is 76.3 Å². The number of hydrogen-bond acceptors (Lipinski definition) is 2. The molecular weight excluding hydrogens is 434 g/mol. The minimum absolute atomic E-state index is 0.00549. The largest absolute Gasteiger partial charge is 0.336 e. The first-order valence-electron chi connectivity index (χ1n) is 11.1. The van der Waals surface area contributed by atoms with Gasteiger partial charge >= 0.3 is 0 Å². The smallest absolute Gasteiger partial charge is 0.275 e. The van der Waals surface area contributed by atoms with E-state index < -0.39 is 0 Å². The summed E-state index contributed by atoms with van der Waals surface area (Å²) in [5, 5.41) is 0.623. The molecule has 3 aromatic carbocycles. The lowest BCUT2D eigenvalue weighted by atomic mass is 10.1. The zero-order valence-electron chi connectivity index (χ0n) is 18.2. The zero-order chi connectivity index (χ0) is 22.8. The van der Waals surface area contributed by atoms with E-state index in [9.17, 15) is 9.59 Å². The fourth-order valence-corrected chi connectivity index (χ4v) is 4.68. The van der Waals surface area contributed by atoms with Crippen LogP contribution in [0.15, 0.2) is 89.7 Å². The lowest BCUT2D eigenvalue weighted by Gasteiger charge is -2.28. The van der Waals surface area contributed by atoms with E-state index in [1.54, 1.807) is 10.7 Å². The number of rotatable bonds is 5. The molecule has 0 atom stereocenters. The van der Waals surface area contributed by atoms with Gasteiger partial charge in [0.25, 0.3) is 5.56 Å². The molecule has 6 heteroatoms. The van der Waals surface area contributed by atoms with Crippen LogP contribution in [-0.4, -0.2) is 26.7 Å². The Morgan fingerprint density at radius 3 is 2.30 bits per heavy atom. The summed E-state index contributed by atoms with van der Waals surface area (Å²) in [5.41, 5.74) is 4.50. The molecule has 0 saturated carbocycles. The first-order chi connectivity index (χ1) is 16.1. The molecule has 0 radical (unpaired) electrons. The van der Waals surface area contributed by atoms with Crippen molar-refractivity contribution < 1.29 is 4.79 Å². The van der Waals surface area contributed by atoms with Crippen LogP contribution in [0.1, 0.15) is 22.4 Å². The minimum atomic E-state index is -0.00549. The number of para-hydroxylation sites is 1. The van der Waals surface area contributed by atoms with Gasteiger partial charge in [-0.15, -0.1) is 0 Å². The molecule has 5 nitrogen and oxygen atoms in total. The maximum absolute atomic E-state index is 13.5. The highest BCUT2D eigenvalue weighted by atomic mass is 35.5. The standard InChI is InChI=1S/C27H24ClN3O2/c28-22-11-7-10-21(16-22)17-26(32)29-15-14-24-25(19-29)30(18-20-8-3-1-4-9-20)31(27(24)33)23-12-5-2-6-13-23/h1-13,16H,14-15,17-19H2. The Morgan fingerprint density at radius 2 is 1.58 bits per heavy atom. The van der Waals surface area contributed by atoms with E-state index in [1.165, 1.54) is 0 Å². The predicted molar refractivity (Wildman–Crippen MR) is 130 cm³/mol. The number of nitrogens with zero attached hydrogens (tertiary/aromatic N) is 3. The maximum Gasteiger partial charge on any atom is 0.275 e. The van der Waals surface area contributed by atoms with Gasteiger partial charge in [-0.25, -0.2) is 4.68 Å². The van der Waals surface area contributed by atoms with Crippen LogP contribution >= 0.6 is 11.6 Å². The topological polar surface area (TPSA) is 47.2 Å². The summed E-state index contributed by atoms with van der Waals surface area (Å²) in [6, 6.07) is 27.2. The number of fused-ring (bicyclic) bond motifs is 1. The number of benzene rings is 3. The Labute approximate surface area is 197 Å². The van der Waals surface area contributed by atoms with Crippen LogP contribution in [0.4, 0.5) is 0 Å². The molecule has 1 aliphatic heterocycles. The molecule has 4 aromatic rings. The number of aromatic nitrogens is 2. The van der Waals surface area contributed by atoms with Crippen molar-refractivity contribution in [1.82, 2.24) is 14.3 Å². The van der Waals surface area contributed by atoms with Gasteiger partial charge in [-0.3, -0.25) is 14.3 Å². The van der Waals surface area contributed by atoms with Gasteiger partial charge in [-0.2, -0.15) is 0 Å². The molecule has 0 unspecified atom stereocenters. The Kier molecular flexibility index (Phi) is 5.88. The average molecular weight is 458 g/mol. The monoisotopic (exact) mass is 457 g/mol. The quantitative estimate of drug-likeness (QED) is 0.444.